The van der Waals surface area contributed by atoms with Crippen LogP contribution < -0.4 is 21.3 Å². The lowest BCUT2D eigenvalue weighted by Crippen LogP contribution is -2.32. The lowest BCUT2D eigenvalue weighted by Gasteiger charge is -2.32. The first-order valence-corrected chi connectivity index (χ1v) is 10.8. The van der Waals surface area contributed by atoms with E-state index in [2.05, 4.69) is 5.32 Å². The van der Waals surface area contributed by atoms with Gasteiger partial charge in [-0.3, -0.25) is 4.79 Å². The van der Waals surface area contributed by atoms with Crippen LogP contribution in [0.4, 0.5) is 5.69 Å². The topological polar surface area (TPSA) is 98.8 Å². The Kier molecular flexibility index (Phi) is 4.85. The van der Waals surface area contributed by atoms with Crippen LogP contribution in [-0.2, 0) is 17.6 Å². The lowest BCUT2D eigenvalue weighted by atomic mass is 9.92. The van der Waals surface area contributed by atoms with Crippen molar-refractivity contribution in [2.75, 3.05) is 5.32 Å². The van der Waals surface area contributed by atoms with Gasteiger partial charge in [-0.2, -0.15) is 0 Å². The van der Waals surface area contributed by atoms with Crippen LogP contribution in [0.25, 0.3) is 21.9 Å². The summed E-state index contributed by atoms with van der Waals surface area (Å²) in [4.78, 5) is 36.8. The number of amides is 1. The molecule has 2 aromatic heterocycles. The average Bonchev–Trinajstić information content (AvgIpc) is 2.75. The summed E-state index contributed by atoms with van der Waals surface area (Å²) in [5.41, 5.74) is 2.31. The van der Waals surface area contributed by atoms with Crippen molar-refractivity contribution in [3.8, 4) is 5.75 Å². The molecule has 4 aromatic rings. The number of benzene rings is 2. The second kappa shape index (κ2) is 7.62. The predicted octanol–water partition coefficient (Wildman–Crippen LogP) is 4.49. The maximum absolute atomic E-state index is 12.7. The molecular weight excluding hydrogens is 422 g/mol. The van der Waals surface area contributed by atoms with Crippen molar-refractivity contribution in [2.24, 2.45) is 0 Å². The van der Waals surface area contributed by atoms with Gasteiger partial charge in [0.15, 0.2) is 0 Å². The molecule has 33 heavy (non-hydrogen) atoms. The van der Waals surface area contributed by atoms with Crippen LogP contribution in [0.5, 0.6) is 5.75 Å². The summed E-state index contributed by atoms with van der Waals surface area (Å²) < 4.78 is 16.7. The highest BCUT2D eigenvalue weighted by molar-refractivity contribution is 5.95. The smallest absolute Gasteiger partial charge is 0.340 e. The molecule has 0 atom stereocenters. The van der Waals surface area contributed by atoms with Gasteiger partial charge in [-0.25, -0.2) is 9.59 Å². The Hall–Kier alpha value is -3.87. The summed E-state index contributed by atoms with van der Waals surface area (Å²) in [5.74, 6) is 0.392. The zero-order valence-corrected chi connectivity index (χ0v) is 18.6. The van der Waals surface area contributed by atoms with Crippen LogP contribution in [0, 0.1) is 6.92 Å². The number of aryl methyl sites for hydroxylation is 2. The number of anilines is 1. The number of nitrogens with one attached hydrogen (secondary N) is 1. The van der Waals surface area contributed by atoms with Crippen molar-refractivity contribution in [1.82, 2.24) is 0 Å². The van der Waals surface area contributed by atoms with Crippen LogP contribution in [0.3, 0.4) is 0 Å². The lowest BCUT2D eigenvalue weighted by molar-refractivity contribution is -0.115. The minimum Gasteiger partial charge on any atom is -0.487 e. The minimum atomic E-state index is -0.537. The Balaban J connectivity index is 1.43. The molecule has 0 radical (unpaired) electrons. The highest BCUT2D eigenvalue weighted by Gasteiger charge is 2.28. The fourth-order valence-electron chi connectivity index (χ4n) is 4.26. The monoisotopic (exact) mass is 445 g/mol. The summed E-state index contributed by atoms with van der Waals surface area (Å²) in [6, 6.07) is 11.7. The molecule has 168 valence electrons. The van der Waals surface area contributed by atoms with E-state index in [1.54, 1.807) is 30.3 Å². The van der Waals surface area contributed by atoms with Crippen molar-refractivity contribution in [1.29, 1.82) is 0 Å². The Morgan fingerprint density at radius 2 is 1.85 bits per heavy atom. The van der Waals surface area contributed by atoms with Crippen molar-refractivity contribution < 1.29 is 18.4 Å². The van der Waals surface area contributed by atoms with E-state index < -0.39 is 11.3 Å². The molecule has 5 rings (SSSR count). The molecular formula is C26H23NO6. The summed E-state index contributed by atoms with van der Waals surface area (Å²) in [6.07, 6.45) is 1.65. The first-order valence-electron chi connectivity index (χ1n) is 10.8. The van der Waals surface area contributed by atoms with E-state index >= 15 is 0 Å². The van der Waals surface area contributed by atoms with Gasteiger partial charge in [-0.05, 0) is 75.1 Å². The van der Waals surface area contributed by atoms with Gasteiger partial charge in [0.2, 0.25) is 5.91 Å². The largest absolute Gasteiger partial charge is 0.487 e. The summed E-state index contributed by atoms with van der Waals surface area (Å²) in [7, 11) is 0. The third-order valence-corrected chi connectivity index (χ3v) is 6.09. The van der Waals surface area contributed by atoms with E-state index in [0.29, 0.717) is 27.8 Å². The van der Waals surface area contributed by atoms with Crippen molar-refractivity contribution in [3.63, 3.8) is 0 Å². The number of ether oxygens (including phenoxy) is 1. The van der Waals surface area contributed by atoms with Crippen LogP contribution >= 0.6 is 0 Å². The standard InChI is InChI=1S/C26H23NO6/c1-14-18-11-16-8-9-26(2,3)33-21(16)13-22(18)32-25(30)19(14)12-23(28)27-17-5-6-20-15(10-17)4-7-24(29)31-20/h4-7,10-11,13H,8-9,12H2,1-3H3,(H,27,28). The second-order valence-corrected chi connectivity index (χ2v) is 9.04. The molecule has 7 heteroatoms. The molecule has 0 unspecified atom stereocenters. The molecule has 1 N–H and O–H groups in total. The number of carbonyl (C=O) groups excluding carboxylic acids is 1. The number of rotatable bonds is 3. The van der Waals surface area contributed by atoms with E-state index in [0.717, 1.165) is 35.1 Å². The molecule has 1 aliphatic rings. The molecule has 0 aliphatic carbocycles. The van der Waals surface area contributed by atoms with Crippen LogP contribution in [0.1, 0.15) is 37.0 Å². The fourth-order valence-corrected chi connectivity index (χ4v) is 4.26. The third kappa shape index (κ3) is 4.02. The molecule has 0 saturated heterocycles. The molecule has 3 heterocycles. The van der Waals surface area contributed by atoms with Gasteiger partial charge in [0.25, 0.3) is 0 Å². The third-order valence-electron chi connectivity index (χ3n) is 6.09. The molecule has 0 bridgehead atoms. The van der Waals surface area contributed by atoms with Crippen molar-refractivity contribution >= 4 is 33.5 Å². The fraction of sp³-hybridized carbons (Fsp3) is 0.269. The molecule has 2 aromatic carbocycles. The van der Waals surface area contributed by atoms with Gasteiger partial charge in [0.05, 0.1) is 12.0 Å². The maximum Gasteiger partial charge on any atom is 0.340 e. The highest BCUT2D eigenvalue weighted by atomic mass is 16.5. The average molecular weight is 445 g/mol. The number of hydrogen-bond donors (Lipinski definition) is 1. The summed E-state index contributed by atoms with van der Waals surface area (Å²) in [6.45, 7) is 5.91. The normalized spacial score (nSPS) is 14.6. The van der Waals surface area contributed by atoms with Crippen LogP contribution in [0.15, 0.2) is 60.9 Å². The van der Waals surface area contributed by atoms with Crippen LogP contribution in [0.2, 0.25) is 0 Å². The SMILES string of the molecule is Cc1c(CC(=O)Nc2ccc3oc(=O)ccc3c2)c(=O)oc2cc3c(cc12)CCC(C)(C)O3. The first kappa shape index (κ1) is 21.0. The Morgan fingerprint density at radius 3 is 2.67 bits per heavy atom. The van der Waals surface area contributed by atoms with E-state index in [-0.39, 0.29) is 17.9 Å². The molecule has 0 spiro atoms. The van der Waals surface area contributed by atoms with Gasteiger partial charge >= 0.3 is 11.3 Å². The summed E-state index contributed by atoms with van der Waals surface area (Å²) >= 11 is 0. The van der Waals surface area contributed by atoms with Crippen molar-refractivity contribution in [2.45, 2.75) is 45.6 Å². The van der Waals surface area contributed by atoms with Gasteiger partial charge in [0, 0.05) is 28.6 Å². The molecule has 1 amide bonds. The van der Waals surface area contributed by atoms with Crippen LogP contribution in [-0.4, -0.2) is 11.5 Å². The summed E-state index contributed by atoms with van der Waals surface area (Å²) in [5, 5.41) is 4.29. The molecule has 1 aliphatic heterocycles. The number of carbonyl (C=O) groups is 1. The number of hydrogen-bond acceptors (Lipinski definition) is 6. The van der Waals surface area contributed by atoms with Gasteiger partial charge in [-0.15, -0.1) is 0 Å². The predicted molar refractivity (Wildman–Crippen MR) is 125 cm³/mol. The molecule has 7 nitrogen and oxygen atoms in total. The number of fused-ring (bicyclic) bond motifs is 3. The van der Waals surface area contributed by atoms with Gasteiger partial charge < -0.3 is 18.9 Å². The Labute approximate surface area is 189 Å². The van der Waals surface area contributed by atoms with E-state index in [4.69, 9.17) is 13.6 Å². The Bertz CT molecular complexity index is 1540. The van der Waals surface area contributed by atoms with E-state index in [1.807, 2.05) is 26.8 Å². The van der Waals surface area contributed by atoms with Gasteiger partial charge in [0.1, 0.15) is 22.5 Å². The first-order chi connectivity index (χ1) is 15.7. The van der Waals surface area contributed by atoms with E-state index in [9.17, 15) is 14.4 Å². The maximum atomic E-state index is 12.7. The molecule has 0 fully saturated rings. The van der Waals surface area contributed by atoms with E-state index in [1.165, 1.54) is 6.07 Å². The zero-order valence-electron chi connectivity index (χ0n) is 18.6. The Morgan fingerprint density at radius 1 is 1.03 bits per heavy atom. The highest BCUT2D eigenvalue weighted by Crippen LogP contribution is 2.36. The van der Waals surface area contributed by atoms with Crippen molar-refractivity contribution in [3.05, 3.63) is 80.0 Å². The zero-order chi connectivity index (χ0) is 23.3. The minimum absolute atomic E-state index is 0.118. The van der Waals surface area contributed by atoms with Gasteiger partial charge in [-0.1, -0.05) is 0 Å². The molecule has 0 saturated carbocycles. The quantitative estimate of drug-likeness (QED) is 0.467. The second-order valence-electron chi connectivity index (χ2n) is 9.04.